The molecule has 0 heterocycles. The summed E-state index contributed by atoms with van der Waals surface area (Å²) in [5.74, 6) is -13.6. The standard InChI is InChI=1S/C20H18N4O8/c1-5-6-2-3-9(23-24-22)14(26)10(6)15(27)11-7(5)4-8-13(25)16(28)12(19(21)31)18(30)20(8,32)17(11)29/h2-3,5,7-8,11-13,25-26,32H,4H2,1H3,(H2,21,31)/t5-,7-,8+,11?,12?,13-,20+/m1/s1. The summed E-state index contributed by atoms with van der Waals surface area (Å²) in [5, 5.41) is 35.4. The van der Waals surface area contributed by atoms with Gasteiger partial charge in [0, 0.05) is 10.8 Å². The minimum atomic E-state index is -2.97. The van der Waals surface area contributed by atoms with Crippen molar-refractivity contribution in [3.8, 4) is 5.75 Å². The summed E-state index contributed by atoms with van der Waals surface area (Å²) in [6, 6.07) is 2.76. The van der Waals surface area contributed by atoms with E-state index >= 15 is 0 Å². The number of carbonyl (C=O) groups is 5. The van der Waals surface area contributed by atoms with Crippen molar-refractivity contribution >= 4 is 34.7 Å². The van der Waals surface area contributed by atoms with Gasteiger partial charge in [-0.2, -0.15) is 0 Å². The van der Waals surface area contributed by atoms with E-state index in [9.17, 15) is 39.3 Å². The third kappa shape index (κ3) is 2.51. The van der Waals surface area contributed by atoms with Crippen LogP contribution in [0.3, 0.4) is 0 Å². The number of aliphatic hydroxyl groups excluding tert-OH is 1. The maximum atomic E-state index is 13.4. The van der Waals surface area contributed by atoms with Gasteiger partial charge in [0.2, 0.25) is 5.91 Å². The summed E-state index contributed by atoms with van der Waals surface area (Å²) >= 11 is 0. The van der Waals surface area contributed by atoms with Crippen LogP contribution < -0.4 is 5.73 Å². The first-order chi connectivity index (χ1) is 15.0. The Kier molecular flexibility index (Phi) is 4.70. The van der Waals surface area contributed by atoms with E-state index in [4.69, 9.17) is 11.3 Å². The highest BCUT2D eigenvalue weighted by molar-refractivity contribution is 6.32. The van der Waals surface area contributed by atoms with Gasteiger partial charge in [0.15, 0.2) is 34.7 Å². The molecule has 2 unspecified atom stereocenters. The average molecular weight is 442 g/mol. The largest absolute Gasteiger partial charge is 0.507 e. The molecule has 3 aliphatic rings. The molecule has 0 aromatic heterocycles. The lowest BCUT2D eigenvalue weighted by molar-refractivity contribution is -0.186. The Labute approximate surface area is 179 Å². The van der Waals surface area contributed by atoms with Gasteiger partial charge in [-0.15, -0.1) is 0 Å². The number of benzene rings is 1. The first-order valence-electron chi connectivity index (χ1n) is 9.75. The van der Waals surface area contributed by atoms with Gasteiger partial charge in [-0.3, -0.25) is 24.0 Å². The predicted octanol–water partition coefficient (Wildman–Crippen LogP) is -0.200. The SMILES string of the molecule is C[C@@H]1c2ccc(N=[N+]=[N-])c(O)c2C(=O)C2C(=O)[C@]3(O)C(=O)C(C(N)=O)C(=O)[C@H](O)[C@@H]3C[C@@H]21. The number of primary amides is 1. The first-order valence-corrected chi connectivity index (χ1v) is 9.75. The summed E-state index contributed by atoms with van der Waals surface area (Å²) in [4.78, 5) is 66.2. The van der Waals surface area contributed by atoms with Crippen molar-refractivity contribution in [2.45, 2.75) is 31.0 Å². The maximum absolute atomic E-state index is 13.4. The zero-order chi connectivity index (χ0) is 23.7. The van der Waals surface area contributed by atoms with E-state index in [1.54, 1.807) is 6.92 Å². The lowest BCUT2D eigenvalue weighted by Crippen LogP contribution is -2.72. The number of nitrogens with zero attached hydrogens (tertiary/aromatic N) is 3. The minimum Gasteiger partial charge on any atom is -0.507 e. The van der Waals surface area contributed by atoms with Crippen molar-refractivity contribution in [1.82, 2.24) is 0 Å². The molecule has 32 heavy (non-hydrogen) atoms. The molecule has 5 N–H and O–H groups in total. The maximum Gasteiger partial charge on any atom is 0.235 e. The number of hydrogen-bond donors (Lipinski definition) is 4. The zero-order valence-electron chi connectivity index (χ0n) is 16.6. The molecule has 1 amide bonds. The third-order valence-corrected chi connectivity index (χ3v) is 7.03. The quantitative estimate of drug-likeness (QED) is 0.207. The number of aromatic hydroxyl groups is 1. The number of Topliss-reactive ketones (excluding diaryl/α,β-unsaturated/α-hetero) is 4. The van der Waals surface area contributed by atoms with Crippen LogP contribution in [-0.2, 0) is 19.2 Å². The van der Waals surface area contributed by atoms with Crippen LogP contribution in [0.1, 0.15) is 35.2 Å². The van der Waals surface area contributed by atoms with E-state index < -0.39 is 76.1 Å². The van der Waals surface area contributed by atoms with Crippen LogP contribution in [0.25, 0.3) is 10.4 Å². The van der Waals surface area contributed by atoms with Crippen LogP contribution in [0.15, 0.2) is 17.2 Å². The van der Waals surface area contributed by atoms with Crippen molar-refractivity contribution in [3.63, 3.8) is 0 Å². The normalized spacial score (nSPS) is 36.0. The van der Waals surface area contributed by atoms with Gasteiger partial charge in [-0.1, -0.05) is 18.1 Å². The smallest absolute Gasteiger partial charge is 0.235 e. The molecule has 12 nitrogen and oxygen atoms in total. The molecule has 12 heteroatoms. The average Bonchev–Trinajstić information content (AvgIpc) is 2.73. The highest BCUT2D eigenvalue weighted by atomic mass is 16.3. The van der Waals surface area contributed by atoms with Crippen molar-refractivity contribution in [1.29, 1.82) is 0 Å². The molecular formula is C20H18N4O8. The van der Waals surface area contributed by atoms with Crippen LogP contribution in [0.5, 0.6) is 5.75 Å². The van der Waals surface area contributed by atoms with E-state index in [-0.39, 0.29) is 17.7 Å². The van der Waals surface area contributed by atoms with Gasteiger partial charge in [0.05, 0.1) is 17.2 Å². The second-order valence-electron chi connectivity index (χ2n) is 8.40. The monoisotopic (exact) mass is 442 g/mol. The Morgan fingerprint density at radius 1 is 1.25 bits per heavy atom. The molecule has 4 rings (SSSR count). The molecule has 0 saturated heterocycles. The third-order valence-electron chi connectivity index (χ3n) is 7.03. The van der Waals surface area contributed by atoms with Gasteiger partial charge >= 0.3 is 0 Å². The Morgan fingerprint density at radius 2 is 1.91 bits per heavy atom. The molecule has 0 aliphatic heterocycles. The number of phenolic OH excluding ortho intramolecular Hbond substituents is 1. The van der Waals surface area contributed by atoms with Crippen LogP contribution in [0.4, 0.5) is 5.69 Å². The molecular weight excluding hydrogens is 424 g/mol. The van der Waals surface area contributed by atoms with Gasteiger partial charge in [0.25, 0.3) is 0 Å². The minimum absolute atomic E-state index is 0.242. The van der Waals surface area contributed by atoms with Gasteiger partial charge in [-0.05, 0) is 35.4 Å². The van der Waals surface area contributed by atoms with Gasteiger partial charge in [-0.25, -0.2) is 0 Å². The van der Waals surface area contributed by atoms with Gasteiger partial charge < -0.3 is 21.1 Å². The Bertz CT molecular complexity index is 1170. The van der Waals surface area contributed by atoms with E-state index in [0.29, 0.717) is 5.56 Å². The topological polar surface area (TPSA) is 221 Å². The zero-order valence-corrected chi connectivity index (χ0v) is 16.6. The summed E-state index contributed by atoms with van der Waals surface area (Å²) in [6.45, 7) is 1.65. The molecule has 3 aliphatic carbocycles. The second-order valence-corrected chi connectivity index (χ2v) is 8.40. The number of azide groups is 1. The fourth-order valence-corrected chi connectivity index (χ4v) is 5.42. The molecule has 0 bridgehead atoms. The highest BCUT2D eigenvalue weighted by Gasteiger charge is 2.69. The summed E-state index contributed by atoms with van der Waals surface area (Å²) in [7, 11) is 0. The Hall–Kier alpha value is -3.60. The van der Waals surface area contributed by atoms with Crippen LogP contribution in [-0.4, -0.2) is 56.1 Å². The van der Waals surface area contributed by atoms with Crippen molar-refractivity contribution in [2.24, 2.45) is 34.5 Å². The molecule has 0 radical (unpaired) electrons. The van der Waals surface area contributed by atoms with E-state index in [0.717, 1.165) is 0 Å². The lowest BCUT2D eigenvalue weighted by Gasteiger charge is -2.51. The fourth-order valence-electron chi connectivity index (χ4n) is 5.42. The molecule has 0 spiro atoms. The molecule has 1 aromatic rings. The second kappa shape index (κ2) is 6.95. The summed E-state index contributed by atoms with van der Waals surface area (Å²) < 4.78 is 0. The van der Waals surface area contributed by atoms with Gasteiger partial charge in [0.1, 0.15) is 11.9 Å². The predicted molar refractivity (Wildman–Crippen MR) is 103 cm³/mol. The Morgan fingerprint density at radius 3 is 2.50 bits per heavy atom. The van der Waals surface area contributed by atoms with Crippen molar-refractivity contribution < 1.29 is 39.3 Å². The number of aliphatic hydroxyl groups is 2. The number of carbonyl (C=O) groups excluding carboxylic acids is 5. The molecule has 7 atom stereocenters. The number of hydrogen-bond acceptors (Lipinski definition) is 9. The number of fused-ring (bicyclic) bond motifs is 3. The fraction of sp³-hybridized carbons (Fsp3) is 0.450. The van der Waals surface area contributed by atoms with Crippen molar-refractivity contribution in [2.75, 3.05) is 0 Å². The number of amides is 1. The molecule has 2 fully saturated rings. The summed E-state index contributed by atoms with van der Waals surface area (Å²) in [6.07, 6.45) is -2.26. The van der Waals surface area contributed by atoms with E-state index in [1.807, 2.05) is 0 Å². The summed E-state index contributed by atoms with van der Waals surface area (Å²) in [5.41, 5.74) is 10.6. The molecule has 2 saturated carbocycles. The Balaban J connectivity index is 1.89. The number of ketones is 4. The van der Waals surface area contributed by atoms with Crippen LogP contribution in [0, 0.1) is 23.7 Å². The molecule has 1 aromatic carbocycles. The first kappa shape index (κ1) is 21.6. The van der Waals surface area contributed by atoms with E-state index in [1.165, 1.54) is 12.1 Å². The van der Waals surface area contributed by atoms with Crippen molar-refractivity contribution in [3.05, 3.63) is 33.7 Å². The lowest BCUT2D eigenvalue weighted by atomic mass is 9.51. The van der Waals surface area contributed by atoms with Crippen LogP contribution in [0.2, 0.25) is 0 Å². The molecule has 166 valence electrons. The number of phenols is 1. The van der Waals surface area contributed by atoms with E-state index in [2.05, 4.69) is 10.0 Å². The number of nitrogens with two attached hydrogens (primary N) is 1. The number of rotatable bonds is 2. The van der Waals surface area contributed by atoms with Crippen LogP contribution >= 0.6 is 0 Å². The highest BCUT2D eigenvalue weighted by Crippen LogP contribution is 2.54.